The Kier molecular flexibility index (Phi) is 8.58. The first-order valence-corrected chi connectivity index (χ1v) is 14.8. The predicted molar refractivity (Wildman–Crippen MR) is 159 cm³/mol. The Labute approximate surface area is 231 Å². The molecule has 0 heterocycles. The zero-order valence-corrected chi connectivity index (χ0v) is 24.1. The maximum Gasteiger partial charge on any atom is 0.258 e. The average molecular weight is 543 g/mol. The SMILES string of the molecule is COc1ccc(C=Cc2cc(F)c(OC)c(OC)c2)cc1CC(C)(C)[Si](O)(c1ccccc1)c1ccccc1. The van der Waals surface area contributed by atoms with E-state index in [1.165, 1.54) is 20.3 Å². The zero-order valence-electron chi connectivity index (χ0n) is 23.1. The minimum absolute atomic E-state index is 0.0806. The third-order valence-corrected chi connectivity index (χ3v) is 11.7. The third-order valence-electron chi connectivity index (χ3n) is 7.22. The Bertz CT molecular complexity index is 1400. The van der Waals surface area contributed by atoms with Crippen molar-refractivity contribution in [1.29, 1.82) is 0 Å². The van der Waals surface area contributed by atoms with Crippen LogP contribution in [0.2, 0.25) is 5.04 Å². The molecule has 202 valence electrons. The van der Waals surface area contributed by atoms with Gasteiger partial charge in [-0.25, -0.2) is 4.39 Å². The molecule has 0 atom stereocenters. The highest BCUT2D eigenvalue weighted by atomic mass is 28.4. The summed E-state index contributed by atoms with van der Waals surface area (Å²) in [6, 6.07) is 29.1. The topological polar surface area (TPSA) is 47.9 Å². The van der Waals surface area contributed by atoms with Crippen molar-refractivity contribution in [2.24, 2.45) is 0 Å². The Hall–Kier alpha value is -3.87. The molecular formula is C33H35FO4Si. The van der Waals surface area contributed by atoms with Gasteiger partial charge < -0.3 is 19.0 Å². The van der Waals surface area contributed by atoms with E-state index in [4.69, 9.17) is 14.2 Å². The van der Waals surface area contributed by atoms with Gasteiger partial charge in [0.15, 0.2) is 17.3 Å². The Morgan fingerprint density at radius 3 is 1.82 bits per heavy atom. The summed E-state index contributed by atoms with van der Waals surface area (Å²) in [5.74, 6) is 0.687. The van der Waals surface area contributed by atoms with Gasteiger partial charge in [0.25, 0.3) is 8.32 Å². The molecule has 39 heavy (non-hydrogen) atoms. The molecule has 0 spiro atoms. The largest absolute Gasteiger partial charge is 0.496 e. The summed E-state index contributed by atoms with van der Waals surface area (Å²) in [6.07, 6.45) is 4.35. The monoisotopic (exact) mass is 542 g/mol. The summed E-state index contributed by atoms with van der Waals surface area (Å²) in [6.45, 7) is 4.27. The summed E-state index contributed by atoms with van der Waals surface area (Å²) in [5, 5.41) is 1.44. The minimum Gasteiger partial charge on any atom is -0.496 e. The number of benzene rings is 4. The first-order valence-electron chi connectivity index (χ1n) is 12.8. The fourth-order valence-corrected chi connectivity index (χ4v) is 8.87. The van der Waals surface area contributed by atoms with Gasteiger partial charge in [-0.2, -0.15) is 0 Å². The first-order chi connectivity index (χ1) is 18.7. The van der Waals surface area contributed by atoms with E-state index in [0.29, 0.717) is 17.7 Å². The molecule has 4 aromatic carbocycles. The molecule has 1 N–H and O–H groups in total. The van der Waals surface area contributed by atoms with E-state index in [2.05, 4.69) is 19.9 Å². The van der Waals surface area contributed by atoms with Crippen LogP contribution in [0.1, 0.15) is 30.5 Å². The molecule has 4 nitrogen and oxygen atoms in total. The van der Waals surface area contributed by atoms with Gasteiger partial charge in [-0.15, -0.1) is 0 Å². The third kappa shape index (κ3) is 5.77. The highest BCUT2D eigenvalue weighted by Crippen LogP contribution is 2.41. The number of hydrogen-bond acceptors (Lipinski definition) is 4. The average Bonchev–Trinajstić information content (AvgIpc) is 2.96. The quantitative estimate of drug-likeness (QED) is 0.194. The molecule has 4 aromatic rings. The summed E-state index contributed by atoms with van der Waals surface area (Å²) in [7, 11) is 1.35. The molecule has 4 rings (SSSR count). The molecule has 0 aliphatic heterocycles. The highest BCUT2D eigenvalue weighted by molar-refractivity contribution is 6.98. The Balaban J connectivity index is 1.72. The van der Waals surface area contributed by atoms with Gasteiger partial charge in [0.05, 0.1) is 21.3 Å². The van der Waals surface area contributed by atoms with Crippen molar-refractivity contribution in [2.75, 3.05) is 21.3 Å². The van der Waals surface area contributed by atoms with Gasteiger partial charge in [0.2, 0.25) is 0 Å². The lowest BCUT2D eigenvalue weighted by Crippen LogP contribution is -2.65. The maximum absolute atomic E-state index is 14.5. The summed E-state index contributed by atoms with van der Waals surface area (Å²) in [5.41, 5.74) is 2.57. The van der Waals surface area contributed by atoms with Crippen molar-refractivity contribution in [1.82, 2.24) is 0 Å². The molecule has 0 unspecified atom stereocenters. The van der Waals surface area contributed by atoms with Crippen molar-refractivity contribution in [2.45, 2.75) is 25.3 Å². The second-order valence-corrected chi connectivity index (χ2v) is 14.1. The second-order valence-electron chi connectivity index (χ2n) is 10.1. The lowest BCUT2D eigenvalue weighted by atomic mass is 9.98. The molecule has 0 saturated heterocycles. The van der Waals surface area contributed by atoms with Crippen LogP contribution >= 0.6 is 0 Å². The number of rotatable bonds is 10. The lowest BCUT2D eigenvalue weighted by molar-refractivity contribution is 0.337. The van der Waals surface area contributed by atoms with Crippen molar-refractivity contribution in [3.63, 3.8) is 0 Å². The van der Waals surface area contributed by atoms with E-state index < -0.39 is 19.2 Å². The van der Waals surface area contributed by atoms with Gasteiger partial charge in [-0.3, -0.25) is 0 Å². The summed E-state index contributed by atoms with van der Waals surface area (Å²) >= 11 is 0. The summed E-state index contributed by atoms with van der Waals surface area (Å²) in [4.78, 5) is 12.6. The van der Waals surface area contributed by atoms with E-state index in [0.717, 1.165) is 27.2 Å². The van der Waals surface area contributed by atoms with Gasteiger partial charge >= 0.3 is 0 Å². The molecule has 6 heteroatoms. The van der Waals surface area contributed by atoms with Crippen LogP contribution in [0, 0.1) is 5.82 Å². The fourth-order valence-electron chi connectivity index (χ4n) is 5.18. The van der Waals surface area contributed by atoms with Gasteiger partial charge in [-0.1, -0.05) is 92.7 Å². The van der Waals surface area contributed by atoms with E-state index in [1.54, 1.807) is 13.2 Å². The van der Waals surface area contributed by atoms with Crippen molar-refractivity contribution in [3.8, 4) is 17.2 Å². The smallest absolute Gasteiger partial charge is 0.258 e. The Morgan fingerprint density at radius 1 is 0.718 bits per heavy atom. The predicted octanol–water partition coefficient (Wildman–Crippen LogP) is 6.10. The standard InChI is InChI=1S/C33H35FO4Si/c1-33(2,39(35,27-12-8-6-9-13-27)28-14-10-7-11-15-28)23-26-20-24(18-19-30(26)36-3)16-17-25-21-29(34)32(38-5)31(22-25)37-4/h6-22,35H,23H2,1-5H3. The Morgan fingerprint density at radius 2 is 1.28 bits per heavy atom. The molecule has 0 aliphatic carbocycles. The van der Waals surface area contributed by atoms with E-state index in [9.17, 15) is 9.19 Å². The normalized spacial score (nSPS) is 12.0. The first kappa shape index (κ1) is 28.1. The number of methoxy groups -OCH3 is 3. The summed E-state index contributed by atoms with van der Waals surface area (Å²) < 4.78 is 30.6. The number of ether oxygens (including phenoxy) is 3. The maximum atomic E-state index is 14.5. The van der Waals surface area contributed by atoms with E-state index in [1.807, 2.05) is 84.9 Å². The molecule has 0 aromatic heterocycles. The molecule has 0 saturated carbocycles. The van der Waals surface area contributed by atoms with Crippen LogP contribution < -0.4 is 24.6 Å². The molecule has 0 radical (unpaired) electrons. The highest BCUT2D eigenvalue weighted by Gasteiger charge is 2.50. The molecule has 0 aliphatic rings. The van der Waals surface area contributed by atoms with Crippen LogP contribution in [0.3, 0.4) is 0 Å². The van der Waals surface area contributed by atoms with Crippen molar-refractivity contribution >= 4 is 30.8 Å². The van der Waals surface area contributed by atoms with Gasteiger partial charge in [0, 0.05) is 0 Å². The van der Waals surface area contributed by atoms with E-state index >= 15 is 0 Å². The van der Waals surface area contributed by atoms with E-state index in [-0.39, 0.29) is 5.75 Å². The van der Waals surface area contributed by atoms with Crippen molar-refractivity contribution < 1.29 is 23.4 Å². The number of halogens is 1. The molecular weight excluding hydrogens is 507 g/mol. The number of hydrogen-bond donors (Lipinski definition) is 1. The fraction of sp³-hybridized carbons (Fsp3) is 0.212. The van der Waals surface area contributed by atoms with Crippen LogP contribution in [0.4, 0.5) is 4.39 Å². The van der Waals surface area contributed by atoms with Crippen LogP contribution in [-0.4, -0.2) is 34.4 Å². The molecule has 0 bridgehead atoms. The minimum atomic E-state index is -3.20. The van der Waals surface area contributed by atoms with Crippen molar-refractivity contribution in [3.05, 3.63) is 114 Å². The van der Waals surface area contributed by atoms with Crippen LogP contribution in [0.5, 0.6) is 17.2 Å². The second kappa shape index (κ2) is 11.9. The zero-order chi connectivity index (χ0) is 28.0. The molecule has 0 amide bonds. The van der Waals surface area contributed by atoms with Gasteiger partial charge in [-0.05, 0) is 62.8 Å². The van der Waals surface area contributed by atoms with Crippen LogP contribution in [0.15, 0.2) is 91.0 Å². The van der Waals surface area contributed by atoms with Crippen LogP contribution in [0.25, 0.3) is 12.2 Å². The lowest BCUT2D eigenvalue weighted by Gasteiger charge is -2.41. The molecule has 0 fully saturated rings. The van der Waals surface area contributed by atoms with Crippen LogP contribution in [-0.2, 0) is 6.42 Å². The van der Waals surface area contributed by atoms with Gasteiger partial charge in [0.1, 0.15) is 5.75 Å².